The predicted molar refractivity (Wildman–Crippen MR) is 81.0 cm³/mol. The van der Waals surface area contributed by atoms with Crippen molar-refractivity contribution in [1.29, 1.82) is 0 Å². The zero-order chi connectivity index (χ0) is 15.5. The summed E-state index contributed by atoms with van der Waals surface area (Å²) in [4.78, 5) is 11.6. The minimum Gasteiger partial charge on any atom is -0.489 e. The Morgan fingerprint density at radius 3 is 2.95 bits per heavy atom. The van der Waals surface area contributed by atoms with Crippen LogP contribution < -0.4 is 4.74 Å². The average molecular weight is 312 g/mol. The van der Waals surface area contributed by atoms with Crippen molar-refractivity contribution in [1.82, 2.24) is 9.78 Å². The van der Waals surface area contributed by atoms with Crippen LogP contribution in [0.15, 0.2) is 6.20 Å². The van der Waals surface area contributed by atoms with Gasteiger partial charge >= 0.3 is 5.97 Å². The molecule has 0 amide bonds. The van der Waals surface area contributed by atoms with Crippen molar-refractivity contribution in [3.05, 3.63) is 11.9 Å². The summed E-state index contributed by atoms with van der Waals surface area (Å²) in [6.07, 6.45) is 2.27. The zero-order valence-corrected chi connectivity index (χ0v) is 14.2. The second-order valence-electron chi connectivity index (χ2n) is 6.54. The standard InChI is InChI=1S/C14H24N2O4Si/c1-18-14(17)11-7-12-13(20-9-11)8-15-16(12)10-19-5-6-21(2,3)4/h8,11H,5-7,9-10H2,1-4H3. The van der Waals surface area contributed by atoms with Gasteiger partial charge in [0.1, 0.15) is 13.3 Å². The lowest BCUT2D eigenvalue weighted by molar-refractivity contribution is -0.146. The quantitative estimate of drug-likeness (QED) is 0.456. The largest absolute Gasteiger partial charge is 0.489 e. The first kappa shape index (κ1) is 16.0. The maximum atomic E-state index is 11.6. The first-order valence-corrected chi connectivity index (χ1v) is 10.9. The fraction of sp³-hybridized carbons (Fsp3) is 0.714. The topological polar surface area (TPSA) is 62.6 Å². The van der Waals surface area contributed by atoms with Crippen molar-refractivity contribution in [3.8, 4) is 5.75 Å². The molecular formula is C14H24N2O4Si. The highest BCUT2D eigenvalue weighted by molar-refractivity contribution is 6.76. The molecule has 0 spiro atoms. The lowest BCUT2D eigenvalue weighted by atomic mass is 10.0. The van der Waals surface area contributed by atoms with Gasteiger partial charge in [0.25, 0.3) is 0 Å². The fourth-order valence-corrected chi connectivity index (χ4v) is 2.92. The van der Waals surface area contributed by atoms with Crippen LogP contribution in [-0.4, -0.2) is 44.1 Å². The molecule has 0 saturated heterocycles. The molecule has 0 N–H and O–H groups in total. The van der Waals surface area contributed by atoms with Gasteiger partial charge in [-0.15, -0.1) is 0 Å². The Morgan fingerprint density at radius 1 is 1.52 bits per heavy atom. The first-order valence-electron chi connectivity index (χ1n) is 7.24. The average Bonchev–Trinajstić information content (AvgIpc) is 2.84. The van der Waals surface area contributed by atoms with Crippen LogP contribution in [0.4, 0.5) is 0 Å². The Bertz CT molecular complexity index is 496. The van der Waals surface area contributed by atoms with Crippen LogP contribution >= 0.6 is 0 Å². The van der Waals surface area contributed by atoms with E-state index in [4.69, 9.17) is 14.2 Å². The summed E-state index contributed by atoms with van der Waals surface area (Å²) < 4.78 is 17.8. The van der Waals surface area contributed by atoms with Crippen molar-refractivity contribution in [2.24, 2.45) is 5.92 Å². The van der Waals surface area contributed by atoms with Crippen LogP contribution in [0.5, 0.6) is 5.75 Å². The van der Waals surface area contributed by atoms with E-state index in [0.717, 1.165) is 24.1 Å². The second kappa shape index (κ2) is 6.61. The van der Waals surface area contributed by atoms with E-state index < -0.39 is 8.07 Å². The Hall–Kier alpha value is -1.34. The molecule has 0 radical (unpaired) electrons. The summed E-state index contributed by atoms with van der Waals surface area (Å²) in [6, 6.07) is 1.12. The molecular weight excluding hydrogens is 288 g/mol. The van der Waals surface area contributed by atoms with Gasteiger partial charge in [-0.05, 0) is 6.04 Å². The Kier molecular flexibility index (Phi) is 5.05. The van der Waals surface area contributed by atoms with E-state index in [0.29, 0.717) is 19.8 Å². The Morgan fingerprint density at radius 2 is 2.29 bits per heavy atom. The molecule has 0 saturated carbocycles. The minimum absolute atomic E-state index is 0.243. The van der Waals surface area contributed by atoms with Gasteiger partial charge in [-0.25, -0.2) is 4.68 Å². The van der Waals surface area contributed by atoms with Crippen LogP contribution in [0.1, 0.15) is 5.69 Å². The number of hydrogen-bond acceptors (Lipinski definition) is 5. The number of aromatic nitrogens is 2. The number of esters is 1. The minimum atomic E-state index is -1.08. The molecule has 2 rings (SSSR count). The molecule has 1 atom stereocenters. The van der Waals surface area contributed by atoms with E-state index in [1.165, 1.54) is 7.11 Å². The van der Waals surface area contributed by atoms with Gasteiger partial charge in [0.2, 0.25) is 0 Å². The molecule has 118 valence electrons. The highest BCUT2D eigenvalue weighted by Gasteiger charge is 2.29. The first-order chi connectivity index (χ1) is 9.90. The van der Waals surface area contributed by atoms with E-state index in [1.54, 1.807) is 10.9 Å². The van der Waals surface area contributed by atoms with E-state index >= 15 is 0 Å². The van der Waals surface area contributed by atoms with Crippen molar-refractivity contribution >= 4 is 14.0 Å². The Labute approximate surface area is 126 Å². The predicted octanol–water partition coefficient (Wildman–Crippen LogP) is 1.92. The lowest BCUT2D eigenvalue weighted by Crippen LogP contribution is -2.30. The summed E-state index contributed by atoms with van der Waals surface area (Å²) in [5.41, 5.74) is 0.907. The molecule has 7 heteroatoms. The smallest absolute Gasteiger partial charge is 0.312 e. The highest BCUT2D eigenvalue weighted by Crippen LogP contribution is 2.27. The number of nitrogens with zero attached hydrogens (tertiary/aromatic N) is 2. The molecule has 21 heavy (non-hydrogen) atoms. The van der Waals surface area contributed by atoms with Gasteiger partial charge in [-0.1, -0.05) is 19.6 Å². The molecule has 2 heterocycles. The normalized spacial score (nSPS) is 18.0. The monoisotopic (exact) mass is 312 g/mol. The Balaban J connectivity index is 1.92. The van der Waals surface area contributed by atoms with Crippen molar-refractivity contribution in [3.63, 3.8) is 0 Å². The van der Waals surface area contributed by atoms with Gasteiger partial charge in [-0.3, -0.25) is 4.79 Å². The third-order valence-corrected chi connectivity index (χ3v) is 5.24. The summed E-state index contributed by atoms with van der Waals surface area (Å²) in [6.45, 7) is 8.45. The van der Waals surface area contributed by atoms with Gasteiger partial charge in [0.15, 0.2) is 5.75 Å². The number of methoxy groups -OCH3 is 1. The molecule has 0 fully saturated rings. The lowest BCUT2D eigenvalue weighted by Gasteiger charge is -2.22. The van der Waals surface area contributed by atoms with Gasteiger partial charge in [0.05, 0.1) is 24.9 Å². The van der Waals surface area contributed by atoms with Gasteiger partial charge in [0, 0.05) is 21.1 Å². The summed E-state index contributed by atoms with van der Waals surface area (Å²) in [7, 11) is 0.318. The summed E-state index contributed by atoms with van der Waals surface area (Å²) >= 11 is 0. The fourth-order valence-electron chi connectivity index (χ4n) is 2.16. The van der Waals surface area contributed by atoms with Crippen LogP contribution in [0.25, 0.3) is 0 Å². The van der Waals surface area contributed by atoms with E-state index in [1.807, 2.05) is 0 Å². The van der Waals surface area contributed by atoms with Gasteiger partial charge < -0.3 is 14.2 Å². The molecule has 1 unspecified atom stereocenters. The van der Waals surface area contributed by atoms with E-state index in [2.05, 4.69) is 24.7 Å². The molecule has 1 aromatic rings. The maximum Gasteiger partial charge on any atom is 0.312 e. The van der Waals surface area contributed by atoms with Gasteiger partial charge in [-0.2, -0.15) is 5.10 Å². The second-order valence-corrected chi connectivity index (χ2v) is 12.2. The van der Waals surface area contributed by atoms with E-state index in [-0.39, 0.29) is 11.9 Å². The molecule has 1 aliphatic heterocycles. The van der Waals surface area contributed by atoms with Crippen molar-refractivity contribution in [2.75, 3.05) is 20.3 Å². The third kappa shape index (κ3) is 4.31. The maximum absolute atomic E-state index is 11.6. The summed E-state index contributed by atoms with van der Waals surface area (Å²) in [5.74, 6) is 0.233. The number of carbonyl (C=O) groups is 1. The third-order valence-electron chi connectivity index (χ3n) is 3.53. The molecule has 0 bridgehead atoms. The number of ether oxygens (including phenoxy) is 3. The van der Waals surface area contributed by atoms with Crippen LogP contribution in [0, 0.1) is 5.92 Å². The molecule has 0 aliphatic carbocycles. The number of rotatable bonds is 6. The SMILES string of the molecule is COC(=O)C1COc2cnn(COCC[Si](C)(C)C)c2C1. The van der Waals surface area contributed by atoms with Crippen molar-refractivity contribution in [2.45, 2.75) is 38.8 Å². The van der Waals surface area contributed by atoms with Crippen LogP contribution in [-0.2, 0) is 27.4 Å². The summed E-state index contributed by atoms with van der Waals surface area (Å²) in [5, 5.41) is 4.28. The van der Waals surface area contributed by atoms with Crippen LogP contribution in [0.2, 0.25) is 25.7 Å². The van der Waals surface area contributed by atoms with Crippen LogP contribution in [0.3, 0.4) is 0 Å². The number of hydrogen-bond donors (Lipinski definition) is 0. The molecule has 0 aromatic carbocycles. The molecule has 1 aromatic heterocycles. The number of fused-ring (bicyclic) bond motifs is 1. The van der Waals surface area contributed by atoms with Crippen molar-refractivity contribution < 1.29 is 19.0 Å². The highest BCUT2D eigenvalue weighted by atomic mass is 28.3. The van der Waals surface area contributed by atoms with E-state index in [9.17, 15) is 4.79 Å². The number of carbonyl (C=O) groups excluding carboxylic acids is 1. The molecule has 1 aliphatic rings. The zero-order valence-electron chi connectivity index (χ0n) is 13.2. The molecule has 6 nitrogen and oxygen atoms in total.